The number of hydrogen-bond donors (Lipinski definition) is 1. The third-order valence-electron chi connectivity index (χ3n) is 4.18. The molecule has 1 aromatic carbocycles. The van der Waals surface area contributed by atoms with E-state index in [1.807, 2.05) is 12.2 Å². The molecule has 0 amide bonds. The summed E-state index contributed by atoms with van der Waals surface area (Å²) in [7, 11) is 0. The second-order valence-corrected chi connectivity index (χ2v) is 9.67. The van der Waals surface area contributed by atoms with Crippen LogP contribution < -0.4 is 24.8 Å². The standard InChI is InChI=1S/C18H30O.C5H5.2ClH.Ti/c1-16(2,3)12-10-13(17(4,5)6)15(19)14(11-12)18(7,8)9;1-2-4-5-3-1;;;/h10-11,19H,1-9H3;1-3H,4H2;2*1H;/q;-1;;;+3/p-2. The van der Waals surface area contributed by atoms with Crippen molar-refractivity contribution in [3.05, 3.63) is 53.1 Å². The molecular formula is C23H35Cl2OTi. The molecule has 1 aliphatic rings. The molecule has 151 valence electrons. The molecule has 0 aliphatic heterocycles. The summed E-state index contributed by atoms with van der Waals surface area (Å²) < 4.78 is 0. The Morgan fingerprint density at radius 1 is 0.778 bits per heavy atom. The van der Waals surface area contributed by atoms with Gasteiger partial charge in [0.25, 0.3) is 0 Å². The van der Waals surface area contributed by atoms with Crippen LogP contribution in [0.3, 0.4) is 0 Å². The summed E-state index contributed by atoms with van der Waals surface area (Å²) >= 11 is 0. The molecule has 0 unspecified atom stereocenters. The molecule has 0 aromatic heterocycles. The van der Waals surface area contributed by atoms with E-state index in [9.17, 15) is 5.11 Å². The Hall–Kier alpha value is -0.206. The van der Waals surface area contributed by atoms with Crippen molar-refractivity contribution in [3.63, 3.8) is 0 Å². The fourth-order valence-electron chi connectivity index (χ4n) is 2.55. The summed E-state index contributed by atoms with van der Waals surface area (Å²) in [5.74, 6) is 0.466. The van der Waals surface area contributed by atoms with Gasteiger partial charge in [-0.05, 0) is 32.9 Å². The Balaban J connectivity index is -0.000000625. The topological polar surface area (TPSA) is 20.2 Å². The van der Waals surface area contributed by atoms with Crippen molar-refractivity contribution >= 4 is 0 Å². The van der Waals surface area contributed by atoms with Gasteiger partial charge in [-0.2, -0.15) is 6.08 Å². The van der Waals surface area contributed by atoms with E-state index in [4.69, 9.17) is 0 Å². The molecule has 0 spiro atoms. The Morgan fingerprint density at radius 3 is 1.37 bits per heavy atom. The van der Waals surface area contributed by atoms with Gasteiger partial charge in [0.05, 0.1) is 0 Å². The maximum absolute atomic E-state index is 10.7. The van der Waals surface area contributed by atoms with E-state index in [-0.39, 0.29) is 62.8 Å². The van der Waals surface area contributed by atoms with Crippen molar-refractivity contribution in [3.8, 4) is 5.75 Å². The molecule has 0 atom stereocenters. The molecule has 0 bridgehead atoms. The van der Waals surface area contributed by atoms with Crippen LogP contribution in [0, 0.1) is 6.08 Å². The minimum absolute atomic E-state index is 0. The second-order valence-electron chi connectivity index (χ2n) is 9.67. The summed E-state index contributed by atoms with van der Waals surface area (Å²) in [4.78, 5) is 0. The molecule has 1 aliphatic carbocycles. The van der Waals surface area contributed by atoms with E-state index in [1.54, 1.807) is 0 Å². The van der Waals surface area contributed by atoms with E-state index in [0.29, 0.717) is 5.75 Å². The van der Waals surface area contributed by atoms with Crippen LogP contribution in [0.25, 0.3) is 0 Å². The van der Waals surface area contributed by atoms with Crippen LogP contribution in [-0.4, -0.2) is 5.11 Å². The van der Waals surface area contributed by atoms with Gasteiger partial charge in [-0.3, -0.25) is 6.08 Å². The smallest absolute Gasteiger partial charge is 1.00 e. The fourth-order valence-corrected chi connectivity index (χ4v) is 2.55. The van der Waals surface area contributed by atoms with Crippen LogP contribution in [0.1, 0.15) is 85.4 Å². The number of phenols is 1. The van der Waals surface area contributed by atoms with E-state index in [1.165, 1.54) is 5.56 Å². The SMILES string of the molecule is CC(C)(C)c1cc(C(C)(C)C)c(O)c(C(C)(C)C)c1.[C-]1=CC=CC1.[Cl-].[Cl-].[Ti+3]. The van der Waals surface area contributed by atoms with Gasteiger partial charge in [-0.15, -0.1) is 6.42 Å². The molecule has 1 radical (unpaired) electrons. The van der Waals surface area contributed by atoms with Crippen LogP contribution >= 0.6 is 0 Å². The largest absolute Gasteiger partial charge is 3.00 e. The van der Waals surface area contributed by atoms with Crippen LogP contribution in [0.5, 0.6) is 5.75 Å². The predicted molar refractivity (Wildman–Crippen MR) is 106 cm³/mol. The molecule has 0 saturated carbocycles. The van der Waals surface area contributed by atoms with E-state index >= 15 is 0 Å². The first-order valence-electron chi connectivity index (χ1n) is 8.85. The van der Waals surface area contributed by atoms with Gasteiger partial charge in [0.1, 0.15) is 5.75 Å². The fraction of sp³-hybridized carbons (Fsp3) is 0.565. The Bertz CT molecular complexity index is 582. The van der Waals surface area contributed by atoms with Crippen molar-refractivity contribution in [2.45, 2.75) is 85.0 Å². The number of hydrogen-bond acceptors (Lipinski definition) is 1. The zero-order valence-electron chi connectivity index (χ0n) is 18.3. The number of halogens is 2. The van der Waals surface area contributed by atoms with Crippen molar-refractivity contribution in [2.75, 3.05) is 0 Å². The number of aromatic hydroxyl groups is 1. The van der Waals surface area contributed by atoms with Gasteiger partial charge in [0, 0.05) is 0 Å². The monoisotopic (exact) mass is 445 g/mol. The second kappa shape index (κ2) is 11.7. The van der Waals surface area contributed by atoms with Crippen molar-refractivity contribution in [1.29, 1.82) is 0 Å². The molecule has 0 heterocycles. The van der Waals surface area contributed by atoms with E-state index in [0.717, 1.165) is 17.5 Å². The van der Waals surface area contributed by atoms with Crippen LogP contribution in [0.15, 0.2) is 30.4 Å². The summed E-state index contributed by atoms with van der Waals surface area (Å²) in [6.07, 6.45) is 10.0. The van der Waals surface area contributed by atoms with Gasteiger partial charge < -0.3 is 29.9 Å². The minimum Gasteiger partial charge on any atom is -1.00 e. The third kappa shape index (κ3) is 9.70. The van der Waals surface area contributed by atoms with E-state index < -0.39 is 0 Å². The van der Waals surface area contributed by atoms with Crippen molar-refractivity contribution in [1.82, 2.24) is 0 Å². The molecular weight excluding hydrogens is 411 g/mol. The van der Waals surface area contributed by atoms with Gasteiger partial charge in [-0.25, -0.2) is 12.2 Å². The van der Waals surface area contributed by atoms with Gasteiger partial charge >= 0.3 is 21.7 Å². The molecule has 0 fully saturated rings. The first-order chi connectivity index (χ1) is 10.7. The number of phenolic OH excluding ortho intramolecular Hbond substituents is 1. The van der Waals surface area contributed by atoms with Gasteiger partial charge in [-0.1, -0.05) is 74.4 Å². The van der Waals surface area contributed by atoms with Crippen LogP contribution in [0.4, 0.5) is 0 Å². The van der Waals surface area contributed by atoms with Crippen molar-refractivity contribution < 1.29 is 51.6 Å². The zero-order chi connectivity index (χ0) is 18.8. The van der Waals surface area contributed by atoms with Crippen LogP contribution in [-0.2, 0) is 38.0 Å². The first-order valence-corrected chi connectivity index (χ1v) is 8.85. The third-order valence-corrected chi connectivity index (χ3v) is 4.18. The molecule has 1 nitrogen and oxygen atoms in total. The van der Waals surface area contributed by atoms with Crippen LogP contribution in [0.2, 0.25) is 0 Å². The number of allylic oxidation sites excluding steroid dienone is 4. The Kier molecular flexibility index (Phi) is 13.7. The first kappa shape index (κ1) is 31.5. The molecule has 2 rings (SSSR count). The zero-order valence-corrected chi connectivity index (χ0v) is 21.4. The van der Waals surface area contributed by atoms with Gasteiger partial charge in [0.2, 0.25) is 0 Å². The number of rotatable bonds is 0. The maximum Gasteiger partial charge on any atom is 3.00 e. The molecule has 1 aromatic rings. The predicted octanol–water partition coefficient (Wildman–Crippen LogP) is 0.596. The van der Waals surface area contributed by atoms with Gasteiger partial charge in [0.15, 0.2) is 0 Å². The summed E-state index contributed by atoms with van der Waals surface area (Å²) in [6, 6.07) is 4.34. The quantitative estimate of drug-likeness (QED) is 0.457. The molecule has 4 heteroatoms. The molecule has 1 N–H and O–H groups in total. The number of benzene rings is 1. The Labute approximate surface area is 194 Å². The summed E-state index contributed by atoms with van der Waals surface area (Å²) in [5.41, 5.74) is 3.37. The van der Waals surface area contributed by atoms with E-state index in [2.05, 4.69) is 86.6 Å². The Morgan fingerprint density at radius 2 is 1.19 bits per heavy atom. The molecule has 0 saturated heterocycles. The summed E-state index contributed by atoms with van der Waals surface area (Å²) in [6.45, 7) is 19.6. The van der Waals surface area contributed by atoms with Crippen molar-refractivity contribution in [2.24, 2.45) is 0 Å². The summed E-state index contributed by atoms with van der Waals surface area (Å²) in [5, 5.41) is 10.7. The minimum atomic E-state index is -0.0503. The normalized spacial score (nSPS) is 12.9. The average molecular weight is 446 g/mol. The molecule has 27 heavy (non-hydrogen) atoms. The average Bonchev–Trinajstić information content (AvgIpc) is 2.93. The maximum atomic E-state index is 10.7.